The van der Waals surface area contributed by atoms with Crippen LogP contribution in [0.3, 0.4) is 0 Å². The summed E-state index contributed by atoms with van der Waals surface area (Å²) in [5.74, 6) is 7.01. The molecule has 0 aliphatic heterocycles. The van der Waals surface area contributed by atoms with Gasteiger partial charge in [0.15, 0.2) is 5.82 Å². The number of aromatic nitrogens is 3. The van der Waals surface area contributed by atoms with Crippen LogP contribution >= 0.6 is 11.8 Å². The lowest BCUT2D eigenvalue weighted by Crippen LogP contribution is -2.41. The van der Waals surface area contributed by atoms with E-state index in [0.29, 0.717) is 17.4 Å². The third kappa shape index (κ3) is 4.35. The molecule has 0 bridgehead atoms. The number of thioether (sulfide) groups is 1. The van der Waals surface area contributed by atoms with E-state index in [4.69, 9.17) is 5.84 Å². The third-order valence-electron chi connectivity index (χ3n) is 3.81. The second-order valence-corrected chi connectivity index (χ2v) is 8.11. The molecule has 0 aliphatic rings. The van der Waals surface area contributed by atoms with Gasteiger partial charge in [-0.1, -0.05) is 54.2 Å². The molecule has 0 saturated carbocycles. The van der Waals surface area contributed by atoms with Crippen molar-refractivity contribution in [3.63, 3.8) is 0 Å². The minimum Gasteiger partial charge on any atom is -0.351 e. The van der Waals surface area contributed by atoms with Crippen LogP contribution in [0.4, 0.5) is 0 Å². The largest absolute Gasteiger partial charge is 0.351 e. The SMILES string of the molecule is CC(C)(C)NC(=O)CSc1nnc(Cc2cccc3ccccc23)n1N. The van der Waals surface area contributed by atoms with E-state index >= 15 is 0 Å². The predicted molar refractivity (Wildman–Crippen MR) is 106 cm³/mol. The Hall–Kier alpha value is -2.54. The molecular weight excluding hydrogens is 346 g/mol. The highest BCUT2D eigenvalue weighted by molar-refractivity contribution is 7.99. The van der Waals surface area contributed by atoms with Crippen LogP contribution in [-0.4, -0.2) is 32.1 Å². The highest BCUT2D eigenvalue weighted by Crippen LogP contribution is 2.22. The van der Waals surface area contributed by atoms with Gasteiger partial charge in [0.2, 0.25) is 11.1 Å². The number of carbonyl (C=O) groups is 1. The summed E-state index contributed by atoms with van der Waals surface area (Å²) in [6.07, 6.45) is 0.583. The monoisotopic (exact) mass is 369 g/mol. The van der Waals surface area contributed by atoms with Crippen LogP contribution in [0, 0.1) is 0 Å². The van der Waals surface area contributed by atoms with E-state index in [1.807, 2.05) is 39.0 Å². The van der Waals surface area contributed by atoms with Crippen molar-refractivity contribution in [1.29, 1.82) is 0 Å². The van der Waals surface area contributed by atoms with Crippen LogP contribution in [-0.2, 0) is 11.2 Å². The van der Waals surface area contributed by atoms with Gasteiger partial charge in [0.25, 0.3) is 0 Å². The Kier molecular flexibility index (Phi) is 5.18. The number of benzene rings is 2. The molecule has 7 heteroatoms. The average Bonchev–Trinajstić information content (AvgIpc) is 2.92. The summed E-state index contributed by atoms with van der Waals surface area (Å²) in [6.45, 7) is 5.84. The lowest BCUT2D eigenvalue weighted by molar-refractivity contribution is -0.119. The summed E-state index contributed by atoms with van der Waals surface area (Å²) < 4.78 is 1.47. The first kappa shape index (κ1) is 18.3. The molecule has 6 nitrogen and oxygen atoms in total. The first-order valence-electron chi connectivity index (χ1n) is 8.43. The van der Waals surface area contributed by atoms with E-state index in [1.165, 1.54) is 27.2 Å². The van der Waals surface area contributed by atoms with Gasteiger partial charge in [-0.05, 0) is 37.1 Å². The first-order valence-corrected chi connectivity index (χ1v) is 9.42. The minimum absolute atomic E-state index is 0.0545. The lowest BCUT2D eigenvalue weighted by atomic mass is 10.0. The zero-order valence-electron chi connectivity index (χ0n) is 15.2. The maximum atomic E-state index is 12.0. The zero-order chi connectivity index (χ0) is 18.7. The number of nitrogens with one attached hydrogen (secondary N) is 1. The quantitative estimate of drug-likeness (QED) is 0.533. The summed E-state index contributed by atoms with van der Waals surface area (Å²) in [4.78, 5) is 12.0. The van der Waals surface area contributed by atoms with Gasteiger partial charge in [-0.3, -0.25) is 4.79 Å². The number of rotatable bonds is 5. The van der Waals surface area contributed by atoms with E-state index in [1.54, 1.807) is 0 Å². The van der Waals surface area contributed by atoms with E-state index in [0.717, 1.165) is 5.56 Å². The van der Waals surface area contributed by atoms with Gasteiger partial charge in [-0.2, -0.15) is 0 Å². The number of fused-ring (bicyclic) bond motifs is 1. The molecule has 0 atom stereocenters. The molecule has 136 valence electrons. The Morgan fingerprint density at radius 2 is 1.88 bits per heavy atom. The molecule has 0 fully saturated rings. The second kappa shape index (κ2) is 7.37. The standard InChI is InChI=1S/C19H23N5OS/c1-19(2,3)21-17(25)12-26-18-23-22-16(24(18)20)11-14-9-6-8-13-7-4-5-10-15(13)14/h4-10H,11-12,20H2,1-3H3,(H,21,25). The fourth-order valence-corrected chi connectivity index (χ4v) is 3.40. The van der Waals surface area contributed by atoms with E-state index in [2.05, 4.69) is 39.8 Å². The van der Waals surface area contributed by atoms with Crippen LogP contribution in [0.2, 0.25) is 0 Å². The molecular formula is C19H23N5OS. The Morgan fingerprint density at radius 1 is 1.15 bits per heavy atom. The average molecular weight is 369 g/mol. The summed E-state index contributed by atoms with van der Waals surface area (Å²) in [7, 11) is 0. The maximum absolute atomic E-state index is 12.0. The normalized spacial score (nSPS) is 11.7. The highest BCUT2D eigenvalue weighted by atomic mass is 32.2. The minimum atomic E-state index is -0.256. The number of hydrogen-bond donors (Lipinski definition) is 2. The molecule has 0 spiro atoms. The Labute approximate surface area is 157 Å². The van der Waals surface area contributed by atoms with Crippen molar-refractivity contribution >= 4 is 28.4 Å². The van der Waals surface area contributed by atoms with Gasteiger partial charge in [0.05, 0.1) is 5.75 Å². The van der Waals surface area contributed by atoms with Crippen molar-refractivity contribution in [2.24, 2.45) is 0 Å². The fraction of sp³-hybridized carbons (Fsp3) is 0.316. The molecule has 1 aromatic heterocycles. The number of nitrogens with two attached hydrogens (primary N) is 1. The molecule has 3 N–H and O–H groups in total. The highest BCUT2D eigenvalue weighted by Gasteiger charge is 2.17. The van der Waals surface area contributed by atoms with Crippen LogP contribution < -0.4 is 11.2 Å². The molecule has 0 aliphatic carbocycles. The van der Waals surface area contributed by atoms with E-state index in [-0.39, 0.29) is 17.2 Å². The van der Waals surface area contributed by atoms with Crippen molar-refractivity contribution in [3.05, 3.63) is 53.9 Å². The number of nitrogen functional groups attached to an aromatic ring is 1. The fourth-order valence-electron chi connectivity index (χ4n) is 2.73. The Balaban J connectivity index is 1.72. The molecule has 3 rings (SSSR count). The summed E-state index contributed by atoms with van der Waals surface area (Å²) in [5, 5.41) is 14.1. The summed E-state index contributed by atoms with van der Waals surface area (Å²) >= 11 is 1.28. The van der Waals surface area contributed by atoms with Crippen molar-refractivity contribution < 1.29 is 4.79 Å². The molecule has 1 heterocycles. The number of amides is 1. The number of carbonyl (C=O) groups excluding carboxylic acids is 1. The molecule has 0 saturated heterocycles. The van der Waals surface area contributed by atoms with Gasteiger partial charge in [0.1, 0.15) is 0 Å². The number of nitrogens with zero attached hydrogens (tertiary/aromatic N) is 3. The lowest BCUT2D eigenvalue weighted by Gasteiger charge is -2.20. The van der Waals surface area contributed by atoms with Crippen LogP contribution in [0.25, 0.3) is 10.8 Å². The molecule has 0 radical (unpaired) electrons. The van der Waals surface area contributed by atoms with Crippen LogP contribution in [0.5, 0.6) is 0 Å². The maximum Gasteiger partial charge on any atom is 0.230 e. The molecule has 3 aromatic rings. The molecule has 2 aromatic carbocycles. The van der Waals surface area contributed by atoms with Gasteiger partial charge in [-0.15, -0.1) is 10.2 Å². The Morgan fingerprint density at radius 3 is 2.65 bits per heavy atom. The molecule has 1 amide bonds. The van der Waals surface area contributed by atoms with Crippen molar-refractivity contribution in [3.8, 4) is 0 Å². The van der Waals surface area contributed by atoms with Crippen molar-refractivity contribution in [2.75, 3.05) is 11.6 Å². The third-order valence-corrected chi connectivity index (χ3v) is 4.75. The molecule has 26 heavy (non-hydrogen) atoms. The predicted octanol–water partition coefficient (Wildman–Crippen LogP) is 2.74. The topological polar surface area (TPSA) is 85.8 Å². The van der Waals surface area contributed by atoms with Crippen molar-refractivity contribution in [2.45, 2.75) is 37.9 Å². The smallest absolute Gasteiger partial charge is 0.230 e. The zero-order valence-corrected chi connectivity index (χ0v) is 16.0. The molecule has 0 unspecified atom stereocenters. The second-order valence-electron chi connectivity index (χ2n) is 7.17. The van der Waals surface area contributed by atoms with Gasteiger partial charge in [-0.25, -0.2) is 4.68 Å². The van der Waals surface area contributed by atoms with Crippen LogP contribution in [0.15, 0.2) is 47.6 Å². The van der Waals surface area contributed by atoms with Gasteiger partial charge in [0, 0.05) is 12.0 Å². The Bertz CT molecular complexity index is 924. The first-order chi connectivity index (χ1) is 12.3. The summed E-state index contributed by atoms with van der Waals surface area (Å²) in [6, 6.07) is 14.4. The van der Waals surface area contributed by atoms with Crippen LogP contribution in [0.1, 0.15) is 32.2 Å². The summed E-state index contributed by atoms with van der Waals surface area (Å²) in [5.41, 5.74) is 0.886. The van der Waals surface area contributed by atoms with Crippen molar-refractivity contribution in [1.82, 2.24) is 20.2 Å². The van der Waals surface area contributed by atoms with E-state index < -0.39 is 0 Å². The van der Waals surface area contributed by atoms with Gasteiger partial charge >= 0.3 is 0 Å². The number of hydrogen-bond acceptors (Lipinski definition) is 5. The van der Waals surface area contributed by atoms with E-state index in [9.17, 15) is 4.79 Å². The van der Waals surface area contributed by atoms with Gasteiger partial charge < -0.3 is 11.2 Å².